The van der Waals surface area contributed by atoms with Crippen LogP contribution in [0.5, 0.6) is 5.75 Å². The van der Waals surface area contributed by atoms with Crippen LogP contribution >= 0.6 is 11.6 Å². The van der Waals surface area contributed by atoms with Crippen LogP contribution in [-0.2, 0) is 16.1 Å². The molecule has 0 aliphatic heterocycles. The van der Waals surface area contributed by atoms with Gasteiger partial charge in [-0.1, -0.05) is 29.8 Å². The van der Waals surface area contributed by atoms with Gasteiger partial charge in [-0.05, 0) is 42.9 Å². The third-order valence-electron chi connectivity index (χ3n) is 3.63. The number of hydrogen-bond acceptors (Lipinski definition) is 4. The number of benzene rings is 2. The van der Waals surface area contributed by atoms with Crippen LogP contribution < -0.4 is 15.4 Å². The fourth-order valence-corrected chi connectivity index (χ4v) is 2.52. The first-order valence-electron chi connectivity index (χ1n) is 8.10. The molecule has 0 fully saturated rings. The van der Waals surface area contributed by atoms with Crippen LogP contribution in [0.25, 0.3) is 0 Å². The van der Waals surface area contributed by atoms with Crippen LogP contribution in [0.1, 0.15) is 5.56 Å². The molecule has 2 aromatic rings. The van der Waals surface area contributed by atoms with E-state index in [0.717, 1.165) is 11.3 Å². The molecule has 0 aliphatic rings. The topological polar surface area (TPSA) is 70.7 Å². The van der Waals surface area contributed by atoms with Gasteiger partial charge in [0.2, 0.25) is 11.8 Å². The highest BCUT2D eigenvalue weighted by Gasteiger charge is 2.11. The Morgan fingerprint density at radius 1 is 1.04 bits per heavy atom. The van der Waals surface area contributed by atoms with E-state index < -0.39 is 0 Å². The first-order chi connectivity index (χ1) is 12.5. The summed E-state index contributed by atoms with van der Waals surface area (Å²) < 4.78 is 5.07. The summed E-state index contributed by atoms with van der Waals surface area (Å²) in [6.07, 6.45) is 0. The number of anilines is 1. The second-order valence-electron chi connectivity index (χ2n) is 5.82. The van der Waals surface area contributed by atoms with Crippen LogP contribution in [0, 0.1) is 0 Å². The van der Waals surface area contributed by atoms with Crippen molar-refractivity contribution in [3.63, 3.8) is 0 Å². The maximum atomic E-state index is 12.0. The lowest BCUT2D eigenvalue weighted by Crippen LogP contribution is -2.38. The van der Waals surface area contributed by atoms with E-state index in [1.807, 2.05) is 18.2 Å². The highest BCUT2D eigenvalue weighted by Crippen LogP contribution is 2.15. The first kappa shape index (κ1) is 19.8. The molecule has 2 amide bonds. The van der Waals surface area contributed by atoms with Crippen molar-refractivity contribution in [1.29, 1.82) is 0 Å². The summed E-state index contributed by atoms with van der Waals surface area (Å²) in [6, 6.07) is 14.4. The fraction of sp³-hybridized carbons (Fsp3) is 0.263. The van der Waals surface area contributed by atoms with Gasteiger partial charge in [0.15, 0.2) is 0 Å². The Bertz CT molecular complexity index is 750. The van der Waals surface area contributed by atoms with Crippen LogP contribution in [0.15, 0.2) is 48.5 Å². The van der Waals surface area contributed by atoms with Gasteiger partial charge >= 0.3 is 0 Å². The lowest BCUT2D eigenvalue weighted by Gasteiger charge is -2.16. The molecule has 0 radical (unpaired) electrons. The zero-order valence-electron chi connectivity index (χ0n) is 14.8. The van der Waals surface area contributed by atoms with Crippen molar-refractivity contribution in [3.05, 3.63) is 59.1 Å². The van der Waals surface area contributed by atoms with Crippen LogP contribution in [0.4, 0.5) is 5.69 Å². The normalized spacial score (nSPS) is 10.5. The number of carbonyl (C=O) groups is 2. The van der Waals surface area contributed by atoms with Gasteiger partial charge in [0.05, 0.1) is 20.2 Å². The lowest BCUT2D eigenvalue weighted by molar-refractivity contribution is -0.123. The van der Waals surface area contributed by atoms with E-state index in [0.29, 0.717) is 17.3 Å². The number of rotatable bonds is 8. The molecule has 138 valence electrons. The number of ether oxygens (including phenoxy) is 1. The van der Waals surface area contributed by atoms with E-state index in [1.165, 1.54) is 0 Å². The third kappa shape index (κ3) is 6.38. The summed E-state index contributed by atoms with van der Waals surface area (Å²) in [4.78, 5) is 25.7. The molecule has 0 saturated heterocycles. The minimum absolute atomic E-state index is 0.103. The molecule has 0 bridgehead atoms. The molecule has 2 aromatic carbocycles. The van der Waals surface area contributed by atoms with Crippen molar-refractivity contribution in [2.75, 3.05) is 32.6 Å². The van der Waals surface area contributed by atoms with Gasteiger partial charge in [0.25, 0.3) is 0 Å². The molecule has 0 heterocycles. The van der Waals surface area contributed by atoms with Gasteiger partial charge in [-0.15, -0.1) is 0 Å². The molecule has 6 nitrogen and oxygen atoms in total. The van der Waals surface area contributed by atoms with E-state index in [-0.39, 0.29) is 24.9 Å². The maximum Gasteiger partial charge on any atom is 0.238 e. The minimum Gasteiger partial charge on any atom is -0.497 e. The number of carbonyl (C=O) groups excluding carboxylic acids is 2. The molecule has 26 heavy (non-hydrogen) atoms. The van der Waals surface area contributed by atoms with Crippen molar-refractivity contribution in [3.8, 4) is 5.75 Å². The molecule has 0 spiro atoms. The third-order valence-corrected chi connectivity index (χ3v) is 4.00. The van der Waals surface area contributed by atoms with E-state index in [4.69, 9.17) is 16.3 Å². The summed E-state index contributed by atoms with van der Waals surface area (Å²) in [7, 11) is 3.29. The van der Waals surface area contributed by atoms with Crippen molar-refractivity contribution in [2.45, 2.75) is 6.54 Å². The Kier molecular flexibility index (Phi) is 7.44. The second-order valence-corrected chi connectivity index (χ2v) is 6.22. The monoisotopic (exact) mass is 375 g/mol. The largest absolute Gasteiger partial charge is 0.497 e. The number of halogens is 1. The second kappa shape index (κ2) is 9.79. The maximum absolute atomic E-state index is 12.0. The summed E-state index contributed by atoms with van der Waals surface area (Å²) >= 11 is 6.06. The number of nitrogens with zero attached hydrogens (tertiary/aromatic N) is 1. The van der Waals surface area contributed by atoms with Crippen molar-refractivity contribution >= 4 is 29.1 Å². The number of amides is 2. The summed E-state index contributed by atoms with van der Waals surface area (Å²) in [6.45, 7) is 0.566. The Morgan fingerprint density at radius 3 is 2.35 bits per heavy atom. The van der Waals surface area contributed by atoms with E-state index in [9.17, 15) is 9.59 Å². The SMILES string of the molecule is COc1ccc(NC(=O)CN(C)CC(=O)NCc2ccccc2Cl)cc1. The molecular formula is C19H22ClN3O3. The highest BCUT2D eigenvalue weighted by molar-refractivity contribution is 6.31. The average Bonchev–Trinajstić information content (AvgIpc) is 2.61. The van der Waals surface area contributed by atoms with Crippen molar-refractivity contribution in [2.24, 2.45) is 0 Å². The Balaban J connectivity index is 1.74. The highest BCUT2D eigenvalue weighted by atomic mass is 35.5. The van der Waals surface area contributed by atoms with E-state index in [1.54, 1.807) is 49.4 Å². The van der Waals surface area contributed by atoms with Gasteiger partial charge in [-0.2, -0.15) is 0 Å². The summed E-state index contributed by atoms with van der Waals surface area (Å²) in [5.41, 5.74) is 1.52. The van der Waals surface area contributed by atoms with Gasteiger partial charge < -0.3 is 15.4 Å². The van der Waals surface area contributed by atoms with Crippen LogP contribution in [0.3, 0.4) is 0 Å². The van der Waals surface area contributed by atoms with Crippen molar-refractivity contribution < 1.29 is 14.3 Å². The van der Waals surface area contributed by atoms with E-state index in [2.05, 4.69) is 10.6 Å². The number of nitrogens with one attached hydrogen (secondary N) is 2. The predicted molar refractivity (Wildman–Crippen MR) is 102 cm³/mol. The van der Waals surface area contributed by atoms with Crippen molar-refractivity contribution in [1.82, 2.24) is 10.2 Å². The van der Waals surface area contributed by atoms with Crippen LogP contribution in [-0.4, -0.2) is 44.0 Å². The molecule has 2 rings (SSSR count). The molecule has 0 aliphatic carbocycles. The molecule has 0 saturated carbocycles. The summed E-state index contributed by atoms with van der Waals surface area (Å²) in [5, 5.41) is 6.18. The molecule has 2 N–H and O–H groups in total. The number of hydrogen-bond donors (Lipinski definition) is 2. The van der Waals surface area contributed by atoms with E-state index >= 15 is 0 Å². The minimum atomic E-state index is -0.198. The lowest BCUT2D eigenvalue weighted by atomic mass is 10.2. The van der Waals surface area contributed by atoms with Gasteiger partial charge in [-0.3, -0.25) is 14.5 Å². The first-order valence-corrected chi connectivity index (χ1v) is 8.48. The fourth-order valence-electron chi connectivity index (χ4n) is 2.31. The quantitative estimate of drug-likeness (QED) is 0.743. The van der Waals surface area contributed by atoms with Gasteiger partial charge in [0, 0.05) is 17.3 Å². The Labute approximate surface area is 158 Å². The zero-order chi connectivity index (χ0) is 18.9. The molecule has 0 unspecified atom stereocenters. The summed E-state index contributed by atoms with van der Waals surface area (Å²) in [5.74, 6) is 0.344. The Hall–Kier alpha value is -2.57. The van der Waals surface area contributed by atoms with Gasteiger partial charge in [0.1, 0.15) is 5.75 Å². The molecular weight excluding hydrogens is 354 g/mol. The average molecular weight is 376 g/mol. The standard InChI is InChI=1S/C19H22ClN3O3/c1-23(12-18(24)21-11-14-5-3-4-6-17(14)20)13-19(25)22-15-7-9-16(26-2)10-8-15/h3-10H,11-13H2,1-2H3,(H,21,24)(H,22,25). The predicted octanol–water partition coefficient (Wildman–Crippen LogP) is 2.54. The van der Waals surface area contributed by atoms with Gasteiger partial charge in [-0.25, -0.2) is 0 Å². The molecule has 0 aromatic heterocycles. The molecule has 7 heteroatoms. The number of likely N-dealkylation sites (N-methyl/N-ethyl adjacent to an activating group) is 1. The van der Waals surface area contributed by atoms with Crippen LogP contribution in [0.2, 0.25) is 5.02 Å². The molecule has 0 atom stereocenters. The zero-order valence-corrected chi connectivity index (χ0v) is 15.5. The Morgan fingerprint density at radius 2 is 1.69 bits per heavy atom. The smallest absolute Gasteiger partial charge is 0.238 e. The number of methoxy groups -OCH3 is 1.